The molecule has 3 unspecified atom stereocenters. The molecule has 3 atom stereocenters. The zero-order chi connectivity index (χ0) is 12.7. The summed E-state index contributed by atoms with van der Waals surface area (Å²) in [7, 11) is 0. The van der Waals surface area contributed by atoms with E-state index in [0.717, 1.165) is 24.4 Å². The van der Waals surface area contributed by atoms with Crippen LogP contribution in [0.15, 0.2) is 12.1 Å². The Kier molecular flexibility index (Phi) is 2.88. The van der Waals surface area contributed by atoms with Gasteiger partial charge < -0.3 is 11.1 Å². The quantitative estimate of drug-likeness (QED) is 0.809. The zero-order valence-electron chi connectivity index (χ0n) is 10.3. The number of benzene rings is 1. The minimum absolute atomic E-state index is 0.0135. The van der Waals surface area contributed by atoms with E-state index < -0.39 is 11.6 Å². The molecule has 3 N–H and O–H groups in total. The Morgan fingerprint density at radius 3 is 2.72 bits per heavy atom. The minimum Gasteiger partial charge on any atom is -0.395 e. The third-order valence-electron chi connectivity index (χ3n) is 4.53. The van der Waals surface area contributed by atoms with E-state index in [9.17, 15) is 8.78 Å². The molecule has 3 rings (SSSR count). The van der Waals surface area contributed by atoms with E-state index in [-0.39, 0.29) is 5.69 Å². The van der Waals surface area contributed by atoms with E-state index in [0.29, 0.717) is 11.6 Å². The van der Waals surface area contributed by atoms with Gasteiger partial charge in [0.1, 0.15) is 5.82 Å². The predicted octanol–water partition coefficient (Wildman–Crippen LogP) is 3.40. The first-order chi connectivity index (χ1) is 8.63. The van der Waals surface area contributed by atoms with Crippen molar-refractivity contribution in [3.05, 3.63) is 23.8 Å². The van der Waals surface area contributed by atoms with E-state index in [1.165, 1.54) is 31.7 Å². The standard InChI is InChI=1S/C14H18F2N2/c15-11-5-12(16)14(17)13(6-11)18-7-10-4-8-1-2-9(10)3-8/h5-6,8-10,18H,1-4,7,17H2. The molecule has 0 aliphatic heterocycles. The van der Waals surface area contributed by atoms with Crippen molar-refractivity contribution in [1.82, 2.24) is 0 Å². The second kappa shape index (κ2) is 4.41. The lowest BCUT2D eigenvalue weighted by Crippen LogP contribution is -2.20. The summed E-state index contributed by atoms with van der Waals surface area (Å²) in [6.07, 6.45) is 5.25. The maximum atomic E-state index is 13.3. The molecule has 2 bridgehead atoms. The van der Waals surface area contributed by atoms with E-state index in [1.807, 2.05) is 0 Å². The molecule has 2 nitrogen and oxygen atoms in total. The van der Waals surface area contributed by atoms with Gasteiger partial charge in [-0.1, -0.05) is 6.42 Å². The summed E-state index contributed by atoms with van der Waals surface area (Å²) in [6.45, 7) is 0.772. The molecule has 98 valence electrons. The average Bonchev–Trinajstić information content (AvgIpc) is 2.93. The monoisotopic (exact) mass is 252 g/mol. The molecule has 2 aliphatic carbocycles. The lowest BCUT2D eigenvalue weighted by molar-refractivity contribution is 0.348. The summed E-state index contributed by atoms with van der Waals surface area (Å²) >= 11 is 0. The fourth-order valence-corrected chi connectivity index (χ4v) is 3.60. The van der Waals surface area contributed by atoms with Crippen molar-refractivity contribution in [2.24, 2.45) is 17.8 Å². The van der Waals surface area contributed by atoms with Gasteiger partial charge in [-0.05, 0) is 43.1 Å². The van der Waals surface area contributed by atoms with Gasteiger partial charge in [0.2, 0.25) is 0 Å². The Bertz CT molecular complexity index is 461. The fourth-order valence-electron chi connectivity index (χ4n) is 3.60. The van der Waals surface area contributed by atoms with Crippen LogP contribution in [0.2, 0.25) is 0 Å². The summed E-state index contributed by atoms with van der Waals surface area (Å²) in [5.41, 5.74) is 6.01. The number of fused-ring (bicyclic) bond motifs is 2. The number of hydrogen-bond donors (Lipinski definition) is 2. The summed E-state index contributed by atoms with van der Waals surface area (Å²) < 4.78 is 26.4. The Balaban J connectivity index is 1.66. The van der Waals surface area contributed by atoms with E-state index >= 15 is 0 Å². The average molecular weight is 252 g/mol. The van der Waals surface area contributed by atoms with Gasteiger partial charge in [-0.15, -0.1) is 0 Å². The van der Waals surface area contributed by atoms with Crippen molar-refractivity contribution in [3.8, 4) is 0 Å². The SMILES string of the molecule is Nc1c(F)cc(F)cc1NCC1CC2CCC1C2. The Hall–Kier alpha value is -1.32. The molecule has 0 heterocycles. The molecule has 1 aromatic carbocycles. The summed E-state index contributed by atoms with van der Waals surface area (Å²) in [4.78, 5) is 0. The summed E-state index contributed by atoms with van der Waals surface area (Å²) in [5.74, 6) is 1.03. The highest BCUT2D eigenvalue weighted by molar-refractivity contribution is 5.66. The van der Waals surface area contributed by atoms with Crippen LogP contribution in [0.5, 0.6) is 0 Å². The number of nitrogens with one attached hydrogen (secondary N) is 1. The molecule has 0 radical (unpaired) electrons. The summed E-state index contributed by atoms with van der Waals surface area (Å²) in [6, 6.07) is 2.09. The molecule has 2 saturated carbocycles. The van der Waals surface area contributed by atoms with Gasteiger partial charge in [0.05, 0.1) is 11.4 Å². The van der Waals surface area contributed by atoms with Crippen LogP contribution in [-0.2, 0) is 0 Å². The normalized spacial score (nSPS) is 29.8. The van der Waals surface area contributed by atoms with Crippen LogP contribution in [-0.4, -0.2) is 6.54 Å². The van der Waals surface area contributed by atoms with Gasteiger partial charge >= 0.3 is 0 Å². The molecule has 0 saturated heterocycles. The van der Waals surface area contributed by atoms with Gasteiger partial charge in [-0.2, -0.15) is 0 Å². The molecule has 18 heavy (non-hydrogen) atoms. The van der Waals surface area contributed by atoms with Gasteiger partial charge in [0.15, 0.2) is 5.82 Å². The van der Waals surface area contributed by atoms with Crippen molar-refractivity contribution < 1.29 is 8.78 Å². The molecule has 1 aromatic rings. The Labute approximate surface area is 106 Å². The van der Waals surface area contributed by atoms with E-state index in [2.05, 4.69) is 5.32 Å². The molecule has 0 amide bonds. The van der Waals surface area contributed by atoms with Gasteiger partial charge in [-0.25, -0.2) is 8.78 Å². The number of nitrogens with two attached hydrogens (primary N) is 1. The summed E-state index contributed by atoms with van der Waals surface area (Å²) in [5, 5.41) is 3.12. The first-order valence-corrected chi connectivity index (χ1v) is 6.62. The van der Waals surface area contributed by atoms with Gasteiger partial charge in [0.25, 0.3) is 0 Å². The van der Waals surface area contributed by atoms with E-state index in [4.69, 9.17) is 5.73 Å². The number of anilines is 2. The largest absolute Gasteiger partial charge is 0.395 e. The smallest absolute Gasteiger partial charge is 0.151 e. The molecule has 2 fully saturated rings. The van der Waals surface area contributed by atoms with Crippen LogP contribution in [0.3, 0.4) is 0 Å². The van der Waals surface area contributed by atoms with Crippen molar-refractivity contribution in [3.63, 3.8) is 0 Å². The Morgan fingerprint density at radius 2 is 2.06 bits per heavy atom. The van der Waals surface area contributed by atoms with Crippen molar-refractivity contribution in [2.45, 2.75) is 25.7 Å². The van der Waals surface area contributed by atoms with Crippen LogP contribution < -0.4 is 11.1 Å². The highest BCUT2D eigenvalue weighted by atomic mass is 19.1. The predicted molar refractivity (Wildman–Crippen MR) is 68.2 cm³/mol. The van der Waals surface area contributed by atoms with Gasteiger partial charge in [0, 0.05) is 12.6 Å². The highest BCUT2D eigenvalue weighted by Crippen LogP contribution is 2.48. The van der Waals surface area contributed by atoms with Crippen LogP contribution >= 0.6 is 0 Å². The highest BCUT2D eigenvalue weighted by Gasteiger charge is 2.39. The number of nitrogen functional groups attached to an aromatic ring is 1. The first kappa shape index (κ1) is 11.8. The molecular weight excluding hydrogens is 234 g/mol. The van der Waals surface area contributed by atoms with Gasteiger partial charge in [-0.3, -0.25) is 0 Å². The van der Waals surface area contributed by atoms with Crippen LogP contribution in [0.1, 0.15) is 25.7 Å². The molecule has 0 aromatic heterocycles. The lowest BCUT2D eigenvalue weighted by Gasteiger charge is -2.22. The first-order valence-electron chi connectivity index (χ1n) is 6.62. The van der Waals surface area contributed by atoms with Crippen LogP contribution in [0.4, 0.5) is 20.2 Å². The lowest BCUT2D eigenvalue weighted by atomic mass is 9.89. The molecular formula is C14H18F2N2. The van der Waals surface area contributed by atoms with Crippen LogP contribution in [0, 0.1) is 29.4 Å². The second-order valence-electron chi connectivity index (χ2n) is 5.66. The maximum Gasteiger partial charge on any atom is 0.151 e. The molecule has 4 heteroatoms. The molecule has 0 spiro atoms. The van der Waals surface area contributed by atoms with Crippen molar-refractivity contribution in [1.29, 1.82) is 0 Å². The molecule has 2 aliphatic rings. The van der Waals surface area contributed by atoms with Crippen molar-refractivity contribution >= 4 is 11.4 Å². The Morgan fingerprint density at radius 1 is 1.22 bits per heavy atom. The number of halogens is 2. The number of rotatable bonds is 3. The third-order valence-corrected chi connectivity index (χ3v) is 4.53. The third kappa shape index (κ3) is 2.04. The van der Waals surface area contributed by atoms with E-state index in [1.54, 1.807) is 0 Å². The van der Waals surface area contributed by atoms with Crippen molar-refractivity contribution in [2.75, 3.05) is 17.6 Å². The fraction of sp³-hybridized carbons (Fsp3) is 0.571. The zero-order valence-corrected chi connectivity index (χ0v) is 10.3. The number of hydrogen-bond acceptors (Lipinski definition) is 2. The van der Waals surface area contributed by atoms with Crippen LogP contribution in [0.25, 0.3) is 0 Å². The maximum absolute atomic E-state index is 13.3. The second-order valence-corrected chi connectivity index (χ2v) is 5.66. The minimum atomic E-state index is -0.689. The topological polar surface area (TPSA) is 38.0 Å².